The van der Waals surface area contributed by atoms with Crippen molar-refractivity contribution in [3.05, 3.63) is 28.8 Å². The molecule has 2 rings (SSSR count). The third kappa shape index (κ3) is 4.86. The molecule has 0 aliphatic heterocycles. The Labute approximate surface area is 136 Å². The van der Waals surface area contributed by atoms with E-state index in [1.165, 1.54) is 6.07 Å². The molecular weight excluding hydrogens is 333 g/mol. The molecule has 4 nitrogen and oxygen atoms in total. The van der Waals surface area contributed by atoms with Gasteiger partial charge in [0.15, 0.2) is 0 Å². The molecule has 23 heavy (non-hydrogen) atoms. The molecule has 0 unspecified atom stereocenters. The minimum atomic E-state index is -4.69. The highest BCUT2D eigenvalue weighted by Gasteiger charge is 2.34. The zero-order valence-electron chi connectivity index (χ0n) is 12.2. The second-order valence-corrected chi connectivity index (χ2v) is 5.89. The Morgan fingerprint density at radius 2 is 1.74 bits per heavy atom. The molecule has 1 saturated carbocycles. The maximum absolute atomic E-state index is 12.9. The van der Waals surface area contributed by atoms with Crippen LogP contribution in [0.4, 0.5) is 18.9 Å². The summed E-state index contributed by atoms with van der Waals surface area (Å²) in [7, 11) is 0. The first-order valence-electron chi connectivity index (χ1n) is 7.26. The van der Waals surface area contributed by atoms with E-state index in [0.717, 1.165) is 38.2 Å². The quantitative estimate of drug-likeness (QED) is 0.800. The van der Waals surface area contributed by atoms with Crippen molar-refractivity contribution in [1.82, 2.24) is 5.32 Å². The molecule has 0 atom stereocenters. The van der Waals surface area contributed by atoms with Crippen molar-refractivity contribution in [3.63, 3.8) is 0 Å². The average molecular weight is 349 g/mol. The number of hydrogen-bond donors (Lipinski definition) is 2. The Morgan fingerprint density at radius 3 is 2.35 bits per heavy atom. The second-order valence-electron chi connectivity index (χ2n) is 5.45. The van der Waals surface area contributed by atoms with Crippen molar-refractivity contribution in [2.75, 3.05) is 5.32 Å². The normalized spacial score (nSPS) is 16.0. The second kappa shape index (κ2) is 7.21. The molecule has 1 fully saturated rings. The summed E-state index contributed by atoms with van der Waals surface area (Å²) in [4.78, 5) is 23.6. The highest BCUT2D eigenvalue weighted by atomic mass is 35.5. The summed E-state index contributed by atoms with van der Waals surface area (Å²) >= 11 is 5.56. The van der Waals surface area contributed by atoms with Crippen LogP contribution in [0.15, 0.2) is 18.2 Å². The van der Waals surface area contributed by atoms with Gasteiger partial charge in [0.1, 0.15) is 0 Å². The summed E-state index contributed by atoms with van der Waals surface area (Å²) in [5.41, 5.74) is -1.59. The van der Waals surface area contributed by atoms with E-state index in [1.54, 1.807) is 0 Å². The minimum absolute atomic E-state index is 0.102. The number of nitrogens with one attached hydrogen (secondary N) is 2. The molecule has 0 saturated heterocycles. The molecule has 0 heterocycles. The number of alkyl halides is 3. The maximum atomic E-state index is 12.9. The molecule has 0 radical (unpaired) electrons. The lowest BCUT2D eigenvalue weighted by Gasteiger charge is -2.22. The van der Waals surface area contributed by atoms with Crippen molar-refractivity contribution in [2.24, 2.45) is 0 Å². The predicted octanol–water partition coefficient (Wildman–Crippen LogP) is 3.75. The molecule has 1 aliphatic rings. The van der Waals surface area contributed by atoms with Gasteiger partial charge in [-0.15, -0.1) is 0 Å². The van der Waals surface area contributed by atoms with Crippen LogP contribution in [0.5, 0.6) is 0 Å². The molecule has 1 aliphatic carbocycles. The number of amides is 2. The molecule has 126 valence electrons. The first-order chi connectivity index (χ1) is 10.8. The highest BCUT2D eigenvalue weighted by Crippen LogP contribution is 2.36. The Kier molecular flexibility index (Phi) is 5.51. The van der Waals surface area contributed by atoms with Crippen LogP contribution in [0.3, 0.4) is 0 Å². The van der Waals surface area contributed by atoms with Crippen molar-refractivity contribution in [2.45, 2.75) is 44.3 Å². The number of anilines is 1. The van der Waals surface area contributed by atoms with Crippen LogP contribution >= 0.6 is 11.6 Å². The summed E-state index contributed by atoms with van der Waals surface area (Å²) in [5.74, 6) is -2.05. The van der Waals surface area contributed by atoms with E-state index in [9.17, 15) is 22.8 Å². The summed E-state index contributed by atoms with van der Waals surface area (Å²) in [6.07, 6.45) is -0.142. The SMILES string of the molecule is O=C(Nc1ccc(Cl)cc1C(F)(F)F)C(=O)NC1CCCCC1. The fraction of sp³-hybridized carbons (Fsp3) is 0.467. The summed E-state index contributed by atoms with van der Waals surface area (Å²) < 4.78 is 38.8. The molecular formula is C15H16ClF3N2O2. The number of halogens is 4. The fourth-order valence-corrected chi connectivity index (χ4v) is 2.71. The number of rotatable bonds is 2. The Bertz CT molecular complexity index is 599. The van der Waals surface area contributed by atoms with Gasteiger partial charge in [-0.1, -0.05) is 30.9 Å². The summed E-state index contributed by atoms with van der Waals surface area (Å²) in [6, 6.07) is 2.84. The van der Waals surface area contributed by atoms with Crippen molar-refractivity contribution in [1.29, 1.82) is 0 Å². The standard InChI is InChI=1S/C15H16ClF3N2O2/c16-9-6-7-12(11(8-9)15(17,18)19)21-14(23)13(22)20-10-4-2-1-3-5-10/h6-8,10H,1-5H2,(H,20,22)(H,21,23). The molecule has 1 aromatic rings. The van der Waals surface area contributed by atoms with E-state index in [1.807, 2.05) is 5.32 Å². The first-order valence-corrected chi connectivity index (χ1v) is 7.64. The van der Waals surface area contributed by atoms with Crippen LogP contribution in [0.25, 0.3) is 0 Å². The van der Waals surface area contributed by atoms with Gasteiger partial charge >= 0.3 is 18.0 Å². The molecule has 0 aromatic heterocycles. The lowest BCUT2D eigenvalue weighted by Crippen LogP contribution is -2.42. The third-order valence-electron chi connectivity index (χ3n) is 3.68. The fourth-order valence-electron chi connectivity index (χ4n) is 2.54. The van der Waals surface area contributed by atoms with Gasteiger partial charge in [0.25, 0.3) is 0 Å². The summed E-state index contributed by atoms with van der Waals surface area (Å²) in [5, 5.41) is 4.44. The van der Waals surface area contributed by atoms with Gasteiger partial charge in [-0.2, -0.15) is 13.2 Å². The molecule has 8 heteroatoms. The van der Waals surface area contributed by atoms with Gasteiger partial charge in [0.2, 0.25) is 0 Å². The number of hydrogen-bond acceptors (Lipinski definition) is 2. The van der Waals surface area contributed by atoms with Gasteiger partial charge < -0.3 is 10.6 Å². The first kappa shape index (κ1) is 17.6. The number of benzene rings is 1. The Balaban J connectivity index is 2.06. The predicted molar refractivity (Wildman–Crippen MR) is 80.1 cm³/mol. The maximum Gasteiger partial charge on any atom is 0.418 e. The monoisotopic (exact) mass is 348 g/mol. The molecule has 2 amide bonds. The smallest absolute Gasteiger partial charge is 0.345 e. The average Bonchev–Trinajstić information content (AvgIpc) is 2.49. The molecule has 1 aromatic carbocycles. The Hall–Kier alpha value is -1.76. The van der Waals surface area contributed by atoms with E-state index >= 15 is 0 Å². The van der Waals surface area contributed by atoms with Crippen LogP contribution < -0.4 is 10.6 Å². The van der Waals surface area contributed by atoms with E-state index in [2.05, 4.69) is 5.32 Å². The van der Waals surface area contributed by atoms with Gasteiger partial charge in [0, 0.05) is 11.1 Å². The highest BCUT2D eigenvalue weighted by molar-refractivity contribution is 6.39. The van der Waals surface area contributed by atoms with Gasteiger partial charge in [-0.25, -0.2) is 0 Å². The summed E-state index contributed by atoms with van der Waals surface area (Å²) in [6.45, 7) is 0. The van der Waals surface area contributed by atoms with Gasteiger partial charge in [-0.05, 0) is 31.0 Å². The van der Waals surface area contributed by atoms with E-state index in [0.29, 0.717) is 6.07 Å². The van der Waals surface area contributed by atoms with Crippen LogP contribution in [0.1, 0.15) is 37.7 Å². The van der Waals surface area contributed by atoms with Crippen LogP contribution in [0, 0.1) is 0 Å². The molecule has 0 bridgehead atoms. The number of carbonyl (C=O) groups excluding carboxylic acids is 2. The minimum Gasteiger partial charge on any atom is -0.345 e. The van der Waals surface area contributed by atoms with Crippen LogP contribution in [-0.2, 0) is 15.8 Å². The topological polar surface area (TPSA) is 58.2 Å². The zero-order chi connectivity index (χ0) is 17.0. The van der Waals surface area contributed by atoms with Gasteiger partial charge in [0.05, 0.1) is 11.3 Å². The lowest BCUT2D eigenvalue weighted by atomic mass is 9.95. The molecule has 0 spiro atoms. The van der Waals surface area contributed by atoms with Crippen LogP contribution in [0.2, 0.25) is 5.02 Å². The Morgan fingerprint density at radius 1 is 1.09 bits per heavy atom. The number of carbonyl (C=O) groups is 2. The molecule has 2 N–H and O–H groups in total. The third-order valence-corrected chi connectivity index (χ3v) is 3.92. The largest absolute Gasteiger partial charge is 0.418 e. The van der Waals surface area contributed by atoms with Crippen LogP contribution in [-0.4, -0.2) is 17.9 Å². The zero-order valence-corrected chi connectivity index (χ0v) is 12.9. The van der Waals surface area contributed by atoms with E-state index in [-0.39, 0.29) is 11.1 Å². The van der Waals surface area contributed by atoms with Crippen molar-refractivity contribution in [3.8, 4) is 0 Å². The van der Waals surface area contributed by atoms with Crippen molar-refractivity contribution >= 4 is 29.1 Å². The van der Waals surface area contributed by atoms with Crippen molar-refractivity contribution < 1.29 is 22.8 Å². The van der Waals surface area contributed by atoms with Gasteiger partial charge in [-0.3, -0.25) is 9.59 Å². The van der Waals surface area contributed by atoms with E-state index < -0.39 is 29.2 Å². The lowest BCUT2D eigenvalue weighted by molar-refractivity contribution is -0.138. The van der Waals surface area contributed by atoms with E-state index in [4.69, 9.17) is 11.6 Å².